The van der Waals surface area contributed by atoms with E-state index in [1.165, 1.54) is 16.9 Å². The number of hydrogen-bond donors (Lipinski definition) is 1. The standard InChI is InChI=1S/C6H6N4O.2Na.H2O3S2/c1-4-2-5(11)10-6(9-4)7-3-8-10;;;1-5(2,3)4/h2-3,11H,1H3;;;(H2,1,2,3,4)/q;2*+1;/p-2. The topological polar surface area (TPSA) is 126 Å². The molecule has 8 nitrogen and oxygen atoms in total. The summed E-state index contributed by atoms with van der Waals surface area (Å²) in [5, 5.41) is 13.0. The molecule has 18 heavy (non-hydrogen) atoms. The van der Waals surface area contributed by atoms with Crippen LogP contribution in [0.1, 0.15) is 5.69 Å². The van der Waals surface area contributed by atoms with Crippen molar-refractivity contribution in [1.29, 1.82) is 0 Å². The van der Waals surface area contributed by atoms with Gasteiger partial charge in [0.25, 0.3) is 5.78 Å². The molecule has 0 aliphatic carbocycles. The van der Waals surface area contributed by atoms with Crippen molar-refractivity contribution < 1.29 is 77.5 Å². The Morgan fingerprint density at radius 3 is 2.44 bits per heavy atom. The molecule has 2 rings (SSSR count). The van der Waals surface area contributed by atoms with Gasteiger partial charge in [0.1, 0.15) is 6.33 Å². The van der Waals surface area contributed by atoms with E-state index < -0.39 is 9.05 Å². The fourth-order valence-corrected chi connectivity index (χ4v) is 0.911. The third kappa shape index (κ3) is 7.94. The van der Waals surface area contributed by atoms with Gasteiger partial charge < -0.3 is 14.2 Å². The second-order valence-corrected chi connectivity index (χ2v) is 4.68. The van der Waals surface area contributed by atoms with E-state index in [1.807, 2.05) is 0 Å². The van der Waals surface area contributed by atoms with Crippen molar-refractivity contribution in [1.82, 2.24) is 19.6 Å². The first-order valence-electron chi connectivity index (χ1n) is 3.80. The molecular formula is C6H6N4Na2O4S2. The van der Waals surface area contributed by atoms with E-state index in [0.717, 1.165) is 5.69 Å². The van der Waals surface area contributed by atoms with Crippen LogP contribution in [0.3, 0.4) is 0 Å². The molecule has 0 fully saturated rings. The molecule has 0 unspecified atom stereocenters. The van der Waals surface area contributed by atoms with Gasteiger partial charge in [-0.2, -0.15) is 14.6 Å². The Morgan fingerprint density at radius 1 is 1.44 bits per heavy atom. The third-order valence-corrected chi connectivity index (χ3v) is 1.36. The first-order chi connectivity index (χ1) is 7.27. The molecule has 2 aromatic heterocycles. The smallest absolute Gasteiger partial charge is 0.780 e. The summed E-state index contributed by atoms with van der Waals surface area (Å²) in [5.74, 6) is 0.479. The van der Waals surface area contributed by atoms with E-state index in [0.29, 0.717) is 5.78 Å². The summed E-state index contributed by atoms with van der Waals surface area (Å²) >= 11 is 3.24. The van der Waals surface area contributed by atoms with E-state index in [1.54, 1.807) is 6.92 Å². The summed E-state index contributed by atoms with van der Waals surface area (Å²) in [6.07, 6.45) is 1.35. The number of aromatic hydroxyl groups is 1. The maximum Gasteiger partial charge on any atom is 1.00 e. The first kappa shape index (κ1) is 20.9. The Morgan fingerprint density at radius 2 is 1.94 bits per heavy atom. The van der Waals surface area contributed by atoms with Crippen LogP contribution < -0.4 is 59.1 Å². The van der Waals surface area contributed by atoms with Gasteiger partial charge in [-0.05, 0) is 18.1 Å². The van der Waals surface area contributed by atoms with Crippen molar-refractivity contribution in [3.63, 3.8) is 0 Å². The monoisotopic (exact) mass is 308 g/mol. The van der Waals surface area contributed by atoms with E-state index in [4.69, 9.17) is 13.3 Å². The predicted octanol–water partition coefficient (Wildman–Crippen LogP) is -6.86. The quantitative estimate of drug-likeness (QED) is 0.476. The molecule has 0 aliphatic heterocycles. The first-order valence-corrected chi connectivity index (χ1v) is 6.14. The van der Waals surface area contributed by atoms with E-state index in [2.05, 4.69) is 26.3 Å². The van der Waals surface area contributed by atoms with Crippen LogP contribution in [0.2, 0.25) is 0 Å². The normalized spacial score (nSPS) is 9.72. The number of nitrogens with zero attached hydrogens (tertiary/aromatic N) is 4. The van der Waals surface area contributed by atoms with Crippen LogP contribution >= 0.6 is 0 Å². The van der Waals surface area contributed by atoms with Gasteiger partial charge in [0, 0.05) is 11.8 Å². The molecule has 88 valence electrons. The van der Waals surface area contributed by atoms with Crippen LogP contribution in [-0.4, -0.2) is 38.0 Å². The summed E-state index contributed by atoms with van der Waals surface area (Å²) in [4.78, 5) is 7.85. The molecule has 0 aromatic carbocycles. The Kier molecular flexibility index (Phi) is 10.2. The maximum atomic E-state index is 9.26. The van der Waals surface area contributed by atoms with Crippen LogP contribution in [0.4, 0.5) is 0 Å². The molecule has 0 radical (unpaired) electrons. The predicted molar refractivity (Wildman–Crippen MR) is 54.2 cm³/mol. The fraction of sp³-hybridized carbons (Fsp3) is 0.167. The van der Waals surface area contributed by atoms with Gasteiger partial charge in [0.15, 0.2) is 0 Å². The average molecular weight is 308 g/mol. The van der Waals surface area contributed by atoms with Crippen LogP contribution in [0, 0.1) is 6.92 Å². The van der Waals surface area contributed by atoms with Crippen LogP contribution in [-0.2, 0) is 20.2 Å². The average Bonchev–Trinajstić information content (AvgIpc) is 2.47. The molecule has 0 amide bonds. The Labute approximate surface area is 152 Å². The zero-order chi connectivity index (χ0) is 12.3. The Hall–Kier alpha value is 0.640. The summed E-state index contributed by atoms with van der Waals surface area (Å²) in [5.41, 5.74) is 0.725. The van der Waals surface area contributed by atoms with Gasteiger partial charge in [0.2, 0.25) is 5.88 Å². The molecule has 0 aliphatic rings. The van der Waals surface area contributed by atoms with Gasteiger partial charge >= 0.3 is 59.1 Å². The minimum Gasteiger partial charge on any atom is -0.780 e. The molecule has 0 spiro atoms. The second-order valence-electron chi connectivity index (χ2n) is 2.64. The second kappa shape index (κ2) is 8.74. The van der Waals surface area contributed by atoms with Gasteiger partial charge in [-0.1, -0.05) is 0 Å². The molecular weight excluding hydrogens is 302 g/mol. The molecule has 12 heteroatoms. The van der Waals surface area contributed by atoms with Crippen molar-refractivity contribution in [2.24, 2.45) is 0 Å². The minimum absolute atomic E-state index is 0. The van der Waals surface area contributed by atoms with Crippen LogP contribution in [0.25, 0.3) is 5.78 Å². The molecule has 0 atom stereocenters. The summed E-state index contributed by atoms with van der Waals surface area (Å²) in [6, 6.07) is 1.53. The molecule has 0 saturated carbocycles. The third-order valence-electron chi connectivity index (χ3n) is 1.36. The van der Waals surface area contributed by atoms with Gasteiger partial charge in [0.05, 0.1) is 0 Å². The molecule has 2 heterocycles. The number of aryl methyl sites for hydroxylation is 1. The maximum absolute atomic E-state index is 9.26. The molecule has 2 aromatic rings. The zero-order valence-electron chi connectivity index (χ0n) is 9.93. The summed E-state index contributed by atoms with van der Waals surface area (Å²) in [7, 11) is -4.33. The van der Waals surface area contributed by atoms with Crippen molar-refractivity contribution in [2.75, 3.05) is 0 Å². The Balaban J connectivity index is 0. The zero-order valence-corrected chi connectivity index (χ0v) is 15.6. The largest absolute Gasteiger partial charge is 1.00 e. The van der Waals surface area contributed by atoms with Crippen LogP contribution in [0.15, 0.2) is 12.4 Å². The number of aromatic nitrogens is 4. The van der Waals surface area contributed by atoms with Gasteiger partial charge in [-0.3, -0.25) is 4.21 Å². The van der Waals surface area contributed by atoms with Crippen molar-refractivity contribution in [3.05, 3.63) is 18.1 Å². The number of fused-ring (bicyclic) bond motifs is 1. The van der Waals surface area contributed by atoms with Crippen molar-refractivity contribution >= 4 is 26.0 Å². The molecule has 0 bridgehead atoms. The van der Waals surface area contributed by atoms with Crippen molar-refractivity contribution in [3.8, 4) is 5.88 Å². The minimum atomic E-state index is -4.33. The molecule has 0 saturated heterocycles. The SMILES string of the molecule is Cc1cc(O)n2ncnc2n1.O=S([O-])([O-])=S.[Na+].[Na+]. The number of hydrogen-bond acceptors (Lipinski definition) is 8. The summed E-state index contributed by atoms with van der Waals surface area (Å²) < 4.78 is 27.9. The van der Waals surface area contributed by atoms with Gasteiger partial charge in [-0.15, -0.1) is 9.05 Å². The Bertz CT molecular complexity index is 595. The van der Waals surface area contributed by atoms with E-state index in [9.17, 15) is 5.11 Å². The fourth-order valence-electron chi connectivity index (χ4n) is 0.911. The summed E-state index contributed by atoms with van der Waals surface area (Å²) in [6.45, 7) is 1.79. The van der Waals surface area contributed by atoms with E-state index in [-0.39, 0.29) is 65.0 Å². The van der Waals surface area contributed by atoms with Gasteiger partial charge in [-0.25, -0.2) is 4.98 Å². The molecule has 1 N–H and O–H groups in total. The van der Waals surface area contributed by atoms with E-state index >= 15 is 0 Å². The number of rotatable bonds is 0. The van der Waals surface area contributed by atoms with Crippen molar-refractivity contribution in [2.45, 2.75) is 6.92 Å². The van der Waals surface area contributed by atoms with Crippen LogP contribution in [0.5, 0.6) is 5.88 Å².